The highest BCUT2D eigenvalue weighted by Crippen LogP contribution is 2.15. The summed E-state index contributed by atoms with van der Waals surface area (Å²) in [6.07, 6.45) is -0.00592. The summed E-state index contributed by atoms with van der Waals surface area (Å²) in [6, 6.07) is 10.9. The minimum Gasteiger partial charge on any atom is -0.352 e. The number of nitrogens with one attached hydrogen (secondary N) is 1. The first kappa shape index (κ1) is 20.6. The van der Waals surface area contributed by atoms with E-state index in [-0.39, 0.29) is 36.6 Å². The van der Waals surface area contributed by atoms with Crippen LogP contribution in [0.4, 0.5) is 8.78 Å². The van der Waals surface area contributed by atoms with Crippen molar-refractivity contribution < 1.29 is 18.4 Å². The summed E-state index contributed by atoms with van der Waals surface area (Å²) in [6.45, 7) is 5.23. The highest BCUT2D eigenvalue weighted by atomic mass is 19.1. The van der Waals surface area contributed by atoms with Crippen molar-refractivity contribution in [2.24, 2.45) is 0 Å². The van der Waals surface area contributed by atoms with Gasteiger partial charge >= 0.3 is 0 Å². The van der Waals surface area contributed by atoms with Crippen LogP contribution in [0.1, 0.15) is 31.9 Å². The van der Waals surface area contributed by atoms with Gasteiger partial charge in [0.15, 0.2) is 0 Å². The number of nitrogens with zero attached hydrogens (tertiary/aromatic N) is 1. The SMILES string of the molecule is CC(C)NC(=O)[C@H](C)N(Cc1ccccc1F)C(=O)Cc1ccc(F)cc1. The molecule has 27 heavy (non-hydrogen) atoms. The van der Waals surface area contributed by atoms with E-state index in [1.54, 1.807) is 25.1 Å². The number of benzene rings is 2. The summed E-state index contributed by atoms with van der Waals surface area (Å²) in [5.41, 5.74) is 0.950. The van der Waals surface area contributed by atoms with Gasteiger partial charge in [0.2, 0.25) is 11.8 Å². The van der Waals surface area contributed by atoms with Gasteiger partial charge in [-0.15, -0.1) is 0 Å². The summed E-state index contributed by atoms with van der Waals surface area (Å²) < 4.78 is 27.2. The molecule has 4 nitrogen and oxygen atoms in total. The van der Waals surface area contributed by atoms with Gasteiger partial charge < -0.3 is 10.2 Å². The van der Waals surface area contributed by atoms with Crippen molar-refractivity contribution in [2.75, 3.05) is 0 Å². The number of hydrogen-bond donors (Lipinski definition) is 1. The van der Waals surface area contributed by atoms with Gasteiger partial charge in [0, 0.05) is 18.2 Å². The van der Waals surface area contributed by atoms with E-state index in [4.69, 9.17) is 0 Å². The monoisotopic (exact) mass is 374 g/mol. The molecule has 0 unspecified atom stereocenters. The Bertz CT molecular complexity index is 791. The van der Waals surface area contributed by atoms with Crippen LogP contribution in [-0.2, 0) is 22.6 Å². The van der Waals surface area contributed by atoms with Gasteiger partial charge in [-0.3, -0.25) is 9.59 Å². The highest BCUT2D eigenvalue weighted by molar-refractivity contribution is 5.88. The third kappa shape index (κ3) is 5.88. The molecular weight excluding hydrogens is 350 g/mol. The second-order valence-corrected chi connectivity index (χ2v) is 6.76. The number of rotatable bonds is 7. The van der Waals surface area contributed by atoms with Crippen LogP contribution in [0.5, 0.6) is 0 Å². The molecule has 0 radical (unpaired) electrons. The predicted molar refractivity (Wildman–Crippen MR) is 99.8 cm³/mol. The lowest BCUT2D eigenvalue weighted by Gasteiger charge is -2.29. The molecule has 2 aromatic carbocycles. The summed E-state index contributed by atoms with van der Waals surface area (Å²) in [7, 11) is 0. The van der Waals surface area contributed by atoms with Crippen LogP contribution < -0.4 is 5.32 Å². The van der Waals surface area contributed by atoms with Crippen LogP contribution in [0.3, 0.4) is 0 Å². The number of hydrogen-bond acceptors (Lipinski definition) is 2. The average Bonchev–Trinajstić information content (AvgIpc) is 2.61. The summed E-state index contributed by atoms with van der Waals surface area (Å²) in [5, 5.41) is 2.77. The summed E-state index contributed by atoms with van der Waals surface area (Å²) in [4.78, 5) is 26.6. The first-order chi connectivity index (χ1) is 12.8. The summed E-state index contributed by atoms with van der Waals surface area (Å²) >= 11 is 0. The summed E-state index contributed by atoms with van der Waals surface area (Å²) in [5.74, 6) is -1.47. The van der Waals surface area contributed by atoms with Crippen molar-refractivity contribution in [1.82, 2.24) is 10.2 Å². The minimum absolute atomic E-state index is 0.00592. The molecule has 2 aromatic rings. The van der Waals surface area contributed by atoms with E-state index < -0.39 is 11.9 Å². The fraction of sp³-hybridized carbons (Fsp3) is 0.333. The Morgan fingerprint density at radius 2 is 1.63 bits per heavy atom. The van der Waals surface area contributed by atoms with Crippen LogP contribution in [0.15, 0.2) is 48.5 Å². The number of carbonyl (C=O) groups excluding carboxylic acids is 2. The van der Waals surface area contributed by atoms with Crippen molar-refractivity contribution in [3.8, 4) is 0 Å². The molecule has 2 rings (SSSR count). The van der Waals surface area contributed by atoms with Crippen LogP contribution in [0, 0.1) is 11.6 Å². The normalized spacial score (nSPS) is 11.9. The molecule has 0 fully saturated rings. The van der Waals surface area contributed by atoms with Crippen LogP contribution in [0.25, 0.3) is 0 Å². The molecule has 0 aromatic heterocycles. The van der Waals surface area contributed by atoms with E-state index in [1.807, 2.05) is 13.8 Å². The zero-order chi connectivity index (χ0) is 20.0. The molecule has 0 heterocycles. The molecule has 1 N–H and O–H groups in total. The Morgan fingerprint density at radius 1 is 1.00 bits per heavy atom. The predicted octanol–water partition coefficient (Wildman–Crippen LogP) is 3.45. The van der Waals surface area contributed by atoms with Crippen molar-refractivity contribution in [3.05, 3.63) is 71.3 Å². The lowest BCUT2D eigenvalue weighted by molar-refractivity contribution is -0.140. The molecule has 0 bridgehead atoms. The van der Waals surface area contributed by atoms with Gasteiger partial charge in [-0.2, -0.15) is 0 Å². The Labute approximate surface area is 158 Å². The van der Waals surface area contributed by atoms with E-state index >= 15 is 0 Å². The Hall–Kier alpha value is -2.76. The zero-order valence-electron chi connectivity index (χ0n) is 15.7. The average molecular weight is 374 g/mol. The quantitative estimate of drug-likeness (QED) is 0.807. The first-order valence-corrected chi connectivity index (χ1v) is 8.85. The molecular formula is C21H24F2N2O2. The van der Waals surface area contributed by atoms with E-state index in [0.29, 0.717) is 11.1 Å². The topological polar surface area (TPSA) is 49.4 Å². The molecule has 2 amide bonds. The van der Waals surface area contributed by atoms with Crippen LogP contribution >= 0.6 is 0 Å². The number of halogens is 2. The van der Waals surface area contributed by atoms with Crippen molar-refractivity contribution in [1.29, 1.82) is 0 Å². The fourth-order valence-corrected chi connectivity index (χ4v) is 2.68. The highest BCUT2D eigenvalue weighted by Gasteiger charge is 2.27. The zero-order valence-corrected chi connectivity index (χ0v) is 15.7. The Balaban J connectivity index is 2.24. The maximum atomic E-state index is 14.1. The third-order valence-corrected chi connectivity index (χ3v) is 4.17. The van der Waals surface area contributed by atoms with E-state index in [1.165, 1.54) is 35.2 Å². The first-order valence-electron chi connectivity index (χ1n) is 8.85. The van der Waals surface area contributed by atoms with Gasteiger partial charge in [0.05, 0.1) is 6.42 Å². The Morgan fingerprint density at radius 3 is 2.22 bits per heavy atom. The van der Waals surface area contributed by atoms with Gasteiger partial charge in [0.25, 0.3) is 0 Å². The lowest BCUT2D eigenvalue weighted by atomic mass is 10.1. The van der Waals surface area contributed by atoms with E-state index in [0.717, 1.165) is 0 Å². The van der Waals surface area contributed by atoms with Gasteiger partial charge in [0.1, 0.15) is 17.7 Å². The van der Waals surface area contributed by atoms with Gasteiger partial charge in [-0.25, -0.2) is 8.78 Å². The third-order valence-electron chi connectivity index (χ3n) is 4.17. The molecule has 0 saturated carbocycles. The standard InChI is InChI=1S/C21H24F2N2O2/c1-14(2)24-21(27)15(3)25(13-17-6-4-5-7-19(17)23)20(26)12-16-8-10-18(22)11-9-16/h4-11,14-15H,12-13H2,1-3H3,(H,24,27)/t15-/m0/s1. The molecule has 0 aliphatic rings. The maximum Gasteiger partial charge on any atom is 0.242 e. The van der Waals surface area contributed by atoms with Crippen molar-refractivity contribution in [3.63, 3.8) is 0 Å². The molecule has 144 valence electrons. The fourth-order valence-electron chi connectivity index (χ4n) is 2.68. The van der Waals surface area contributed by atoms with Crippen molar-refractivity contribution in [2.45, 2.75) is 45.8 Å². The molecule has 0 aliphatic heterocycles. The molecule has 0 aliphatic carbocycles. The number of carbonyl (C=O) groups is 2. The molecule has 0 spiro atoms. The van der Waals surface area contributed by atoms with Gasteiger partial charge in [-0.05, 0) is 44.5 Å². The molecule has 1 atom stereocenters. The number of amides is 2. The van der Waals surface area contributed by atoms with E-state index in [2.05, 4.69) is 5.32 Å². The largest absolute Gasteiger partial charge is 0.352 e. The minimum atomic E-state index is -0.778. The Kier molecular flexibility index (Phi) is 7.05. The van der Waals surface area contributed by atoms with Crippen LogP contribution in [0.2, 0.25) is 0 Å². The van der Waals surface area contributed by atoms with Crippen molar-refractivity contribution >= 4 is 11.8 Å². The van der Waals surface area contributed by atoms with Crippen LogP contribution in [-0.4, -0.2) is 28.8 Å². The lowest BCUT2D eigenvalue weighted by Crippen LogP contribution is -2.49. The molecule has 6 heteroatoms. The molecule has 0 saturated heterocycles. The maximum absolute atomic E-state index is 14.1. The smallest absolute Gasteiger partial charge is 0.242 e. The second-order valence-electron chi connectivity index (χ2n) is 6.76. The second kappa shape index (κ2) is 9.26. The van der Waals surface area contributed by atoms with Gasteiger partial charge in [-0.1, -0.05) is 30.3 Å². The van der Waals surface area contributed by atoms with E-state index in [9.17, 15) is 18.4 Å².